The highest BCUT2D eigenvalue weighted by atomic mass is 19.1. The number of hydrogen-bond donors (Lipinski definition) is 2. The lowest BCUT2D eigenvalue weighted by molar-refractivity contribution is -0.136. The number of hydroxylamine groups is 1. The second-order valence-electron chi connectivity index (χ2n) is 9.58. The summed E-state index contributed by atoms with van der Waals surface area (Å²) in [6.07, 6.45) is 6.51. The molecule has 8 nitrogen and oxygen atoms in total. The Balaban J connectivity index is 1.37. The van der Waals surface area contributed by atoms with Gasteiger partial charge in [-0.1, -0.05) is 0 Å². The Bertz CT molecular complexity index is 1320. The topological polar surface area (TPSA) is 88.0 Å². The number of hydrogen-bond acceptors (Lipinski definition) is 5. The molecule has 196 valence electrons. The first-order valence-electron chi connectivity index (χ1n) is 12.4. The van der Waals surface area contributed by atoms with E-state index in [0.717, 1.165) is 18.2 Å². The Kier molecular flexibility index (Phi) is 7.05. The molecule has 0 spiro atoms. The SMILES string of the molecule is CONC(=O)[C@H]1CC[C@H](NC(=O)c2cnn3ccc(N4CCC[C@@H]4c4cc(F)ccc4F)c(F)c23)CC1. The lowest BCUT2D eigenvalue weighted by Crippen LogP contribution is -2.40. The fourth-order valence-corrected chi connectivity index (χ4v) is 5.51. The smallest absolute Gasteiger partial charge is 0.255 e. The number of carbonyl (C=O) groups is 2. The van der Waals surface area contributed by atoms with Gasteiger partial charge in [0.2, 0.25) is 5.91 Å². The highest BCUT2D eigenvalue weighted by molar-refractivity contribution is 6.01. The van der Waals surface area contributed by atoms with Gasteiger partial charge in [-0.2, -0.15) is 5.10 Å². The number of fused-ring (bicyclic) bond motifs is 1. The van der Waals surface area contributed by atoms with E-state index in [-0.39, 0.29) is 40.2 Å². The summed E-state index contributed by atoms with van der Waals surface area (Å²) in [6.45, 7) is 0.462. The van der Waals surface area contributed by atoms with Gasteiger partial charge in [-0.15, -0.1) is 0 Å². The number of aromatic nitrogens is 2. The molecule has 1 saturated carbocycles. The van der Waals surface area contributed by atoms with Gasteiger partial charge in [-0.3, -0.25) is 14.4 Å². The van der Waals surface area contributed by atoms with Crippen LogP contribution < -0.4 is 15.7 Å². The average molecular weight is 516 g/mol. The van der Waals surface area contributed by atoms with Crippen molar-refractivity contribution in [3.63, 3.8) is 0 Å². The molecule has 2 amide bonds. The zero-order valence-corrected chi connectivity index (χ0v) is 20.3. The number of halogens is 3. The molecule has 2 aliphatic rings. The van der Waals surface area contributed by atoms with Crippen LogP contribution >= 0.6 is 0 Å². The maximum Gasteiger partial charge on any atom is 0.255 e. The third-order valence-electron chi connectivity index (χ3n) is 7.36. The zero-order valence-electron chi connectivity index (χ0n) is 20.3. The standard InChI is InChI=1S/C26H28F3N5O3/c1-37-32-25(35)15-4-7-17(8-5-15)31-26(36)19-14-30-34-12-10-22(23(29)24(19)34)33-11-2-3-21(33)18-13-16(27)6-9-20(18)28/h6,9-10,12-15,17,21H,2-5,7-8,11H2,1H3,(H,31,36)(H,32,35)/t15-,17-,21-/m1/s1. The minimum Gasteiger partial charge on any atom is -0.362 e. The van der Waals surface area contributed by atoms with Crippen molar-refractivity contribution in [2.75, 3.05) is 18.6 Å². The van der Waals surface area contributed by atoms with Gasteiger partial charge in [0.05, 0.1) is 30.6 Å². The van der Waals surface area contributed by atoms with Crippen molar-refractivity contribution >= 4 is 23.0 Å². The molecular weight excluding hydrogens is 487 g/mol. The molecule has 3 aromatic rings. The maximum atomic E-state index is 15.9. The van der Waals surface area contributed by atoms with E-state index in [9.17, 15) is 18.4 Å². The molecule has 2 aromatic heterocycles. The third-order valence-corrected chi connectivity index (χ3v) is 7.36. The van der Waals surface area contributed by atoms with Crippen molar-refractivity contribution in [2.24, 2.45) is 5.92 Å². The Hall–Kier alpha value is -3.60. The number of nitrogens with one attached hydrogen (secondary N) is 2. The fourth-order valence-electron chi connectivity index (χ4n) is 5.51. The molecule has 11 heteroatoms. The van der Waals surface area contributed by atoms with E-state index in [4.69, 9.17) is 0 Å². The summed E-state index contributed by atoms with van der Waals surface area (Å²) >= 11 is 0. The quantitative estimate of drug-likeness (QED) is 0.484. The monoisotopic (exact) mass is 515 g/mol. The minimum absolute atomic E-state index is 0.0218. The third kappa shape index (κ3) is 4.87. The van der Waals surface area contributed by atoms with Gasteiger partial charge in [0.15, 0.2) is 5.82 Å². The summed E-state index contributed by atoms with van der Waals surface area (Å²) in [5.41, 5.74) is 2.84. The van der Waals surface area contributed by atoms with Crippen molar-refractivity contribution in [1.82, 2.24) is 20.4 Å². The zero-order chi connectivity index (χ0) is 26.1. The van der Waals surface area contributed by atoms with Crippen molar-refractivity contribution < 1.29 is 27.6 Å². The maximum absolute atomic E-state index is 15.9. The van der Waals surface area contributed by atoms with Crippen LogP contribution in [-0.2, 0) is 9.63 Å². The molecule has 2 fully saturated rings. The Morgan fingerprint density at radius 1 is 1.08 bits per heavy atom. The molecule has 1 aliphatic carbocycles. The van der Waals surface area contributed by atoms with Crippen LogP contribution in [0.15, 0.2) is 36.7 Å². The molecule has 37 heavy (non-hydrogen) atoms. The van der Waals surface area contributed by atoms with Crippen LogP contribution in [0.2, 0.25) is 0 Å². The van der Waals surface area contributed by atoms with Crippen LogP contribution in [0, 0.1) is 23.4 Å². The molecule has 1 aromatic carbocycles. The number of amides is 2. The van der Waals surface area contributed by atoms with E-state index in [1.807, 2.05) is 0 Å². The lowest BCUT2D eigenvalue weighted by Gasteiger charge is -2.28. The van der Waals surface area contributed by atoms with Crippen molar-refractivity contribution in [3.05, 3.63) is 65.2 Å². The van der Waals surface area contributed by atoms with Gasteiger partial charge in [0, 0.05) is 30.3 Å². The largest absolute Gasteiger partial charge is 0.362 e. The van der Waals surface area contributed by atoms with E-state index >= 15 is 4.39 Å². The first-order chi connectivity index (χ1) is 17.9. The van der Waals surface area contributed by atoms with Crippen LogP contribution in [0.25, 0.3) is 5.52 Å². The summed E-state index contributed by atoms with van der Waals surface area (Å²) in [5.74, 6) is -2.55. The van der Waals surface area contributed by atoms with Gasteiger partial charge < -0.3 is 10.2 Å². The summed E-state index contributed by atoms with van der Waals surface area (Å²) < 4.78 is 45.6. The number of rotatable bonds is 6. The molecule has 0 unspecified atom stereocenters. The predicted octanol–water partition coefficient (Wildman–Crippen LogP) is 4.06. The Morgan fingerprint density at radius 3 is 2.62 bits per heavy atom. The number of pyridine rings is 1. The number of anilines is 1. The first kappa shape index (κ1) is 25.1. The van der Waals surface area contributed by atoms with Crippen LogP contribution in [-0.4, -0.2) is 41.1 Å². The molecule has 0 bridgehead atoms. The molecular formula is C26H28F3N5O3. The van der Waals surface area contributed by atoms with Gasteiger partial charge in [0.25, 0.3) is 5.91 Å². The predicted molar refractivity (Wildman–Crippen MR) is 129 cm³/mol. The minimum atomic E-state index is -0.645. The van der Waals surface area contributed by atoms with Crippen LogP contribution in [0.3, 0.4) is 0 Å². The normalized spacial score (nSPS) is 21.8. The lowest BCUT2D eigenvalue weighted by atomic mass is 9.85. The summed E-state index contributed by atoms with van der Waals surface area (Å²) in [7, 11) is 1.38. The van der Waals surface area contributed by atoms with E-state index in [0.29, 0.717) is 45.1 Å². The molecule has 1 aliphatic heterocycles. The average Bonchev–Trinajstić information content (AvgIpc) is 3.54. The Morgan fingerprint density at radius 2 is 1.86 bits per heavy atom. The van der Waals surface area contributed by atoms with E-state index in [1.54, 1.807) is 17.2 Å². The molecule has 5 rings (SSSR count). The summed E-state index contributed by atoms with van der Waals surface area (Å²) in [5, 5.41) is 7.08. The van der Waals surface area contributed by atoms with Gasteiger partial charge in [0.1, 0.15) is 17.2 Å². The Labute approximate surface area is 211 Å². The molecule has 3 heterocycles. The fraction of sp³-hybridized carbons (Fsp3) is 0.423. The van der Waals surface area contributed by atoms with Crippen LogP contribution in [0.5, 0.6) is 0 Å². The van der Waals surface area contributed by atoms with E-state index in [1.165, 1.54) is 17.8 Å². The molecule has 1 saturated heterocycles. The molecule has 2 N–H and O–H groups in total. The summed E-state index contributed by atoms with van der Waals surface area (Å²) in [4.78, 5) is 31.5. The summed E-state index contributed by atoms with van der Waals surface area (Å²) in [6, 6.07) is 4.15. The van der Waals surface area contributed by atoms with Crippen LogP contribution in [0.1, 0.15) is 60.5 Å². The molecule has 1 atom stereocenters. The number of nitrogens with zero attached hydrogens (tertiary/aromatic N) is 3. The van der Waals surface area contributed by atoms with Crippen molar-refractivity contribution in [2.45, 2.75) is 50.6 Å². The second kappa shape index (κ2) is 10.4. The molecule has 0 radical (unpaired) electrons. The van der Waals surface area contributed by atoms with Crippen molar-refractivity contribution in [3.8, 4) is 0 Å². The number of carbonyl (C=O) groups excluding carboxylic acids is 2. The highest BCUT2D eigenvalue weighted by Crippen LogP contribution is 2.39. The van der Waals surface area contributed by atoms with Crippen LogP contribution in [0.4, 0.5) is 18.9 Å². The van der Waals surface area contributed by atoms with Gasteiger partial charge in [-0.25, -0.2) is 23.2 Å². The van der Waals surface area contributed by atoms with Gasteiger partial charge >= 0.3 is 0 Å². The first-order valence-corrected chi connectivity index (χ1v) is 12.4. The van der Waals surface area contributed by atoms with Gasteiger partial charge in [-0.05, 0) is 62.8 Å². The van der Waals surface area contributed by atoms with E-state index in [2.05, 4.69) is 20.7 Å². The van der Waals surface area contributed by atoms with E-state index < -0.39 is 29.4 Å². The second-order valence-corrected chi connectivity index (χ2v) is 9.58. The highest BCUT2D eigenvalue weighted by Gasteiger charge is 2.33. The number of benzene rings is 1. The van der Waals surface area contributed by atoms with Crippen molar-refractivity contribution in [1.29, 1.82) is 0 Å².